The first-order valence-electron chi connectivity index (χ1n) is 16.7. The number of rotatable bonds is 12. The second-order valence-corrected chi connectivity index (χ2v) is 12.7. The van der Waals surface area contributed by atoms with Gasteiger partial charge in [0.15, 0.2) is 0 Å². The van der Waals surface area contributed by atoms with Crippen LogP contribution in [0.2, 0.25) is 0 Å². The van der Waals surface area contributed by atoms with Gasteiger partial charge in [0.05, 0.1) is 5.56 Å². The summed E-state index contributed by atoms with van der Waals surface area (Å²) in [5.41, 5.74) is 3.75. The predicted molar refractivity (Wildman–Crippen MR) is 190 cm³/mol. The molecular weight excluding hydrogens is 641 g/mol. The minimum absolute atomic E-state index is 0.0353. The zero-order chi connectivity index (χ0) is 35.7. The largest absolute Gasteiger partial charge is 0.416 e. The van der Waals surface area contributed by atoms with Gasteiger partial charge in [-0.15, -0.1) is 0 Å². The van der Waals surface area contributed by atoms with E-state index in [4.69, 9.17) is 9.47 Å². The van der Waals surface area contributed by atoms with E-state index in [2.05, 4.69) is 41.0 Å². The van der Waals surface area contributed by atoms with Crippen molar-refractivity contribution in [1.29, 1.82) is 0 Å². The lowest BCUT2D eigenvalue weighted by Gasteiger charge is -2.19. The van der Waals surface area contributed by atoms with E-state index in [-0.39, 0.29) is 18.4 Å². The van der Waals surface area contributed by atoms with E-state index >= 15 is 0 Å². The topological polar surface area (TPSA) is 76.7 Å². The molecule has 0 spiro atoms. The van der Waals surface area contributed by atoms with E-state index < -0.39 is 23.9 Å². The van der Waals surface area contributed by atoms with E-state index in [0.717, 1.165) is 39.8 Å². The summed E-state index contributed by atoms with van der Waals surface area (Å²) in [5, 5.41) is 7.89. The molecule has 0 fully saturated rings. The van der Waals surface area contributed by atoms with E-state index in [9.17, 15) is 22.8 Å². The highest BCUT2D eigenvalue weighted by atomic mass is 19.4. The summed E-state index contributed by atoms with van der Waals surface area (Å²) >= 11 is 0. The van der Waals surface area contributed by atoms with Crippen LogP contribution in [0.3, 0.4) is 0 Å². The van der Waals surface area contributed by atoms with Gasteiger partial charge in [0.1, 0.15) is 11.5 Å². The standard InChI is InChI=1S/C41H41F3N2O4/c1-27(2)35-19-15-31(26-38(35)50-40(48)45-22-20-29-13-17-34(18-14-29)41(42,43)44)24-28(3)36-10-6-7-11-37(36)49-39(47)46-23-21-30-12-16-32-8-4-5-9-33(32)25-30/h4-19,25-28H,20-24H2,1-3H3,(H,45,48)(H,46,47). The third kappa shape index (κ3) is 9.87. The fourth-order valence-electron chi connectivity index (χ4n) is 5.86. The Kier molecular flexibility index (Phi) is 11.8. The molecule has 50 heavy (non-hydrogen) atoms. The van der Waals surface area contributed by atoms with Crippen LogP contribution in [-0.4, -0.2) is 25.3 Å². The van der Waals surface area contributed by atoms with Crippen LogP contribution in [-0.2, 0) is 25.4 Å². The number of amides is 2. The molecule has 260 valence electrons. The van der Waals surface area contributed by atoms with Crippen LogP contribution in [0, 0.1) is 0 Å². The molecule has 0 radical (unpaired) electrons. The van der Waals surface area contributed by atoms with Crippen LogP contribution in [0.1, 0.15) is 66.0 Å². The number of para-hydroxylation sites is 1. The first kappa shape index (κ1) is 36.0. The lowest BCUT2D eigenvalue weighted by molar-refractivity contribution is -0.137. The second-order valence-electron chi connectivity index (χ2n) is 12.7. The summed E-state index contributed by atoms with van der Waals surface area (Å²) in [6.45, 7) is 6.69. The summed E-state index contributed by atoms with van der Waals surface area (Å²) in [4.78, 5) is 25.5. The van der Waals surface area contributed by atoms with Gasteiger partial charge in [-0.25, -0.2) is 9.59 Å². The molecule has 1 unspecified atom stereocenters. The molecule has 0 aliphatic carbocycles. The van der Waals surface area contributed by atoms with Crippen molar-refractivity contribution in [2.75, 3.05) is 13.1 Å². The third-order valence-corrected chi connectivity index (χ3v) is 8.56. The van der Waals surface area contributed by atoms with Crippen molar-refractivity contribution < 1.29 is 32.2 Å². The molecule has 0 aliphatic heterocycles. The van der Waals surface area contributed by atoms with Crippen molar-refractivity contribution in [3.8, 4) is 11.5 Å². The van der Waals surface area contributed by atoms with Gasteiger partial charge in [0.2, 0.25) is 0 Å². The molecule has 0 bridgehead atoms. The minimum atomic E-state index is -4.39. The maximum absolute atomic E-state index is 12.8. The first-order chi connectivity index (χ1) is 24.0. The Morgan fingerprint density at radius 2 is 1.20 bits per heavy atom. The number of alkyl halides is 3. The Hall–Kier alpha value is -5.31. The van der Waals surface area contributed by atoms with Crippen molar-refractivity contribution in [1.82, 2.24) is 10.6 Å². The Bertz CT molecular complexity index is 1920. The van der Waals surface area contributed by atoms with Crippen molar-refractivity contribution in [2.45, 2.75) is 58.0 Å². The van der Waals surface area contributed by atoms with Gasteiger partial charge < -0.3 is 20.1 Å². The van der Waals surface area contributed by atoms with Crippen LogP contribution < -0.4 is 20.1 Å². The zero-order valence-corrected chi connectivity index (χ0v) is 28.3. The molecule has 2 amide bonds. The van der Waals surface area contributed by atoms with Crippen molar-refractivity contribution in [3.63, 3.8) is 0 Å². The Balaban J connectivity index is 1.16. The predicted octanol–water partition coefficient (Wildman–Crippen LogP) is 9.99. The number of carbonyl (C=O) groups excluding carboxylic acids is 2. The molecule has 0 saturated carbocycles. The quantitative estimate of drug-likeness (QED) is 0.137. The second kappa shape index (κ2) is 16.4. The molecule has 2 N–H and O–H groups in total. The highest BCUT2D eigenvalue weighted by Crippen LogP contribution is 2.33. The van der Waals surface area contributed by atoms with Gasteiger partial charge in [-0.2, -0.15) is 13.2 Å². The van der Waals surface area contributed by atoms with Gasteiger partial charge in [-0.3, -0.25) is 0 Å². The third-order valence-electron chi connectivity index (χ3n) is 8.56. The smallest absolute Gasteiger partial charge is 0.410 e. The summed E-state index contributed by atoms with van der Waals surface area (Å²) in [7, 11) is 0. The number of hydrogen-bond acceptors (Lipinski definition) is 4. The van der Waals surface area contributed by atoms with Crippen molar-refractivity contribution in [3.05, 3.63) is 143 Å². The number of hydrogen-bond donors (Lipinski definition) is 2. The summed E-state index contributed by atoms with van der Waals surface area (Å²) in [6.07, 6.45) is -3.94. The van der Waals surface area contributed by atoms with E-state index in [0.29, 0.717) is 42.9 Å². The molecule has 5 aromatic carbocycles. The van der Waals surface area contributed by atoms with E-state index in [1.54, 1.807) is 6.07 Å². The fraction of sp³-hybridized carbons (Fsp3) is 0.268. The number of nitrogens with one attached hydrogen (secondary N) is 2. The fourth-order valence-corrected chi connectivity index (χ4v) is 5.86. The van der Waals surface area contributed by atoms with Gasteiger partial charge in [0, 0.05) is 13.1 Å². The van der Waals surface area contributed by atoms with Crippen LogP contribution in [0.5, 0.6) is 11.5 Å². The molecular formula is C41H41F3N2O4. The Morgan fingerprint density at radius 1 is 0.620 bits per heavy atom. The van der Waals surface area contributed by atoms with Crippen molar-refractivity contribution in [2.24, 2.45) is 0 Å². The molecule has 5 rings (SSSR count). The summed E-state index contributed by atoms with van der Waals surface area (Å²) in [6, 6.07) is 32.5. The van der Waals surface area contributed by atoms with E-state index in [1.165, 1.54) is 17.5 Å². The average Bonchev–Trinajstić information content (AvgIpc) is 3.08. The SMILES string of the molecule is CC(C)c1ccc(CC(C)c2ccccc2OC(=O)NCCc2ccc3ccccc3c2)cc1OC(=O)NCCc1ccc(C(F)(F)F)cc1. The first-order valence-corrected chi connectivity index (χ1v) is 16.7. The maximum Gasteiger partial charge on any atom is 0.416 e. The lowest BCUT2D eigenvalue weighted by atomic mass is 9.91. The highest BCUT2D eigenvalue weighted by Gasteiger charge is 2.30. The Labute approximate surface area is 290 Å². The normalized spacial score (nSPS) is 12.1. The maximum atomic E-state index is 12.8. The molecule has 0 heterocycles. The van der Waals surface area contributed by atoms with Crippen LogP contribution >= 0.6 is 0 Å². The molecule has 6 nitrogen and oxygen atoms in total. The molecule has 0 aromatic heterocycles. The van der Waals surface area contributed by atoms with Crippen LogP contribution in [0.25, 0.3) is 10.8 Å². The molecule has 0 aliphatic rings. The molecule has 1 atom stereocenters. The van der Waals surface area contributed by atoms with Crippen LogP contribution in [0.4, 0.5) is 22.8 Å². The number of fused-ring (bicyclic) bond motifs is 1. The monoisotopic (exact) mass is 682 g/mol. The average molecular weight is 683 g/mol. The van der Waals surface area contributed by atoms with Gasteiger partial charge >= 0.3 is 18.4 Å². The minimum Gasteiger partial charge on any atom is -0.410 e. The lowest BCUT2D eigenvalue weighted by Crippen LogP contribution is -2.29. The van der Waals surface area contributed by atoms with E-state index in [1.807, 2.05) is 69.3 Å². The van der Waals surface area contributed by atoms with Gasteiger partial charge in [-0.05, 0) is 94.0 Å². The highest BCUT2D eigenvalue weighted by molar-refractivity contribution is 5.83. The number of carbonyl (C=O) groups is 2. The Morgan fingerprint density at radius 3 is 1.88 bits per heavy atom. The summed E-state index contributed by atoms with van der Waals surface area (Å²) in [5.74, 6) is 0.968. The van der Waals surface area contributed by atoms with Gasteiger partial charge in [-0.1, -0.05) is 106 Å². The van der Waals surface area contributed by atoms with Crippen molar-refractivity contribution >= 4 is 23.0 Å². The zero-order valence-electron chi connectivity index (χ0n) is 28.3. The van der Waals surface area contributed by atoms with Crippen LogP contribution in [0.15, 0.2) is 109 Å². The summed E-state index contributed by atoms with van der Waals surface area (Å²) < 4.78 is 50.0. The number of halogens is 3. The molecule has 9 heteroatoms. The molecule has 5 aromatic rings. The van der Waals surface area contributed by atoms with Gasteiger partial charge in [0.25, 0.3) is 0 Å². The molecule has 0 saturated heterocycles. The number of benzene rings is 5. The number of ether oxygens (including phenoxy) is 2.